The molecule has 0 atom stereocenters. The summed E-state index contributed by atoms with van der Waals surface area (Å²) in [6.45, 7) is 1.65. The van der Waals surface area contributed by atoms with Gasteiger partial charge in [0.25, 0.3) is 15.9 Å². The van der Waals surface area contributed by atoms with Crippen LogP contribution in [0.25, 0.3) is 0 Å². The van der Waals surface area contributed by atoms with Gasteiger partial charge in [0.2, 0.25) is 0 Å². The molecule has 9 heteroatoms. The lowest BCUT2D eigenvalue weighted by Gasteiger charge is -2.08. The molecule has 1 amide bonds. The second-order valence-corrected chi connectivity index (χ2v) is 8.38. The van der Waals surface area contributed by atoms with Crippen LogP contribution in [0.3, 0.4) is 0 Å². The number of carbonyl (C=O) groups is 1. The highest BCUT2D eigenvalue weighted by Gasteiger charge is 2.13. The molecule has 0 aliphatic heterocycles. The summed E-state index contributed by atoms with van der Waals surface area (Å²) < 4.78 is 37.5. The summed E-state index contributed by atoms with van der Waals surface area (Å²) in [5.41, 5.74) is 1.95. The zero-order chi connectivity index (χ0) is 21.7. The largest absolute Gasteiger partial charge is 0.322 e. The number of anilines is 1. The minimum Gasteiger partial charge on any atom is -0.322 e. The summed E-state index contributed by atoms with van der Waals surface area (Å²) in [6, 6.07) is 17.6. The Hall–Kier alpha value is -3.23. The maximum atomic E-state index is 13.0. The molecular weight excluding hydrogens is 429 g/mol. The number of amides is 1. The van der Waals surface area contributed by atoms with Crippen LogP contribution in [0.15, 0.2) is 82.8 Å². The average Bonchev–Trinajstić information content (AvgIpc) is 2.73. The lowest BCUT2D eigenvalue weighted by molar-refractivity contribution is 0.102. The summed E-state index contributed by atoms with van der Waals surface area (Å²) in [6.07, 6.45) is 0. The van der Waals surface area contributed by atoms with Crippen LogP contribution >= 0.6 is 11.6 Å². The van der Waals surface area contributed by atoms with Gasteiger partial charge in [-0.25, -0.2) is 4.39 Å². The molecule has 0 aliphatic rings. The van der Waals surface area contributed by atoms with Gasteiger partial charge < -0.3 is 5.32 Å². The van der Waals surface area contributed by atoms with E-state index in [0.29, 0.717) is 27.5 Å². The number of carbonyl (C=O) groups excluding carboxylic acids is 1. The van der Waals surface area contributed by atoms with Crippen molar-refractivity contribution in [3.63, 3.8) is 0 Å². The van der Waals surface area contributed by atoms with E-state index in [1.807, 2.05) is 0 Å². The second kappa shape index (κ2) is 9.06. The molecule has 0 aliphatic carbocycles. The third kappa shape index (κ3) is 5.43. The first-order valence-electron chi connectivity index (χ1n) is 8.73. The smallest absolute Gasteiger partial charge is 0.276 e. The molecule has 0 saturated heterocycles. The van der Waals surface area contributed by atoms with Crippen molar-refractivity contribution in [1.82, 2.24) is 4.83 Å². The fourth-order valence-corrected chi connectivity index (χ4v) is 3.44. The molecule has 3 aromatic carbocycles. The monoisotopic (exact) mass is 445 g/mol. The summed E-state index contributed by atoms with van der Waals surface area (Å²) in [4.78, 5) is 14.4. The minimum atomic E-state index is -3.82. The molecule has 2 N–H and O–H groups in total. The van der Waals surface area contributed by atoms with Gasteiger partial charge in [0.15, 0.2) is 0 Å². The van der Waals surface area contributed by atoms with E-state index in [0.717, 1.165) is 0 Å². The Morgan fingerprint density at radius 2 is 1.47 bits per heavy atom. The standard InChI is InChI=1S/C21H17ClFN3O3S/c1-14(25-26-30(28,29)20-12-6-17(22)7-13-20)15-4-10-19(11-5-15)24-21(27)16-2-8-18(23)9-3-16/h2-13,26H,1H3,(H,24,27). The van der Waals surface area contributed by atoms with Gasteiger partial charge in [-0.2, -0.15) is 18.4 Å². The molecule has 3 rings (SSSR count). The number of hydrogen-bond acceptors (Lipinski definition) is 4. The Bertz CT molecular complexity index is 1180. The van der Waals surface area contributed by atoms with E-state index in [4.69, 9.17) is 11.6 Å². The van der Waals surface area contributed by atoms with Gasteiger partial charge in [0.05, 0.1) is 10.6 Å². The van der Waals surface area contributed by atoms with Crippen LogP contribution in [0.2, 0.25) is 5.02 Å². The van der Waals surface area contributed by atoms with Crippen molar-refractivity contribution < 1.29 is 17.6 Å². The average molecular weight is 446 g/mol. The van der Waals surface area contributed by atoms with Crippen molar-refractivity contribution in [3.05, 3.63) is 94.8 Å². The van der Waals surface area contributed by atoms with Gasteiger partial charge >= 0.3 is 0 Å². The Balaban J connectivity index is 1.66. The van der Waals surface area contributed by atoms with Crippen molar-refractivity contribution in [2.24, 2.45) is 5.10 Å². The van der Waals surface area contributed by atoms with Crippen molar-refractivity contribution >= 4 is 38.9 Å². The lowest BCUT2D eigenvalue weighted by atomic mass is 10.1. The van der Waals surface area contributed by atoms with Gasteiger partial charge in [-0.05, 0) is 73.2 Å². The molecule has 0 aromatic heterocycles. The Morgan fingerprint density at radius 1 is 0.900 bits per heavy atom. The van der Waals surface area contributed by atoms with Crippen molar-refractivity contribution in [2.75, 3.05) is 5.32 Å². The molecule has 3 aromatic rings. The molecule has 0 radical (unpaired) electrons. The predicted octanol–water partition coefficient (Wildman–Crippen LogP) is 4.43. The maximum Gasteiger partial charge on any atom is 0.276 e. The van der Waals surface area contributed by atoms with Gasteiger partial charge in [0.1, 0.15) is 5.82 Å². The highest BCUT2D eigenvalue weighted by atomic mass is 35.5. The fourth-order valence-electron chi connectivity index (χ4n) is 2.46. The number of rotatable bonds is 6. The van der Waals surface area contributed by atoms with Crippen LogP contribution in [0.5, 0.6) is 0 Å². The number of halogens is 2. The minimum absolute atomic E-state index is 0.0438. The van der Waals surface area contributed by atoms with Crippen LogP contribution < -0.4 is 10.1 Å². The number of hydrogen-bond donors (Lipinski definition) is 2. The van der Waals surface area contributed by atoms with Crippen LogP contribution in [0, 0.1) is 5.82 Å². The number of nitrogens with zero attached hydrogens (tertiary/aromatic N) is 1. The molecule has 0 heterocycles. The zero-order valence-electron chi connectivity index (χ0n) is 15.8. The first-order valence-corrected chi connectivity index (χ1v) is 10.6. The van der Waals surface area contributed by atoms with E-state index in [1.165, 1.54) is 48.5 Å². The first-order chi connectivity index (χ1) is 14.2. The summed E-state index contributed by atoms with van der Waals surface area (Å²) in [7, 11) is -3.82. The van der Waals surface area contributed by atoms with E-state index in [1.54, 1.807) is 31.2 Å². The van der Waals surface area contributed by atoms with Crippen LogP contribution in [-0.4, -0.2) is 20.0 Å². The van der Waals surface area contributed by atoms with E-state index in [-0.39, 0.29) is 10.8 Å². The molecule has 0 bridgehead atoms. The van der Waals surface area contributed by atoms with Crippen LogP contribution in [0.4, 0.5) is 10.1 Å². The topological polar surface area (TPSA) is 87.6 Å². The zero-order valence-corrected chi connectivity index (χ0v) is 17.3. The maximum absolute atomic E-state index is 13.0. The quantitative estimate of drug-likeness (QED) is 0.434. The summed E-state index contributed by atoms with van der Waals surface area (Å²) >= 11 is 5.77. The first kappa shape index (κ1) is 21.5. The van der Waals surface area contributed by atoms with E-state index < -0.39 is 15.8 Å². The van der Waals surface area contributed by atoms with E-state index in [2.05, 4.69) is 15.2 Å². The normalized spacial score (nSPS) is 11.8. The fraction of sp³-hybridized carbons (Fsp3) is 0.0476. The van der Waals surface area contributed by atoms with Gasteiger partial charge in [-0.3, -0.25) is 4.79 Å². The third-order valence-electron chi connectivity index (χ3n) is 4.12. The predicted molar refractivity (Wildman–Crippen MR) is 115 cm³/mol. The van der Waals surface area contributed by atoms with Crippen LogP contribution in [-0.2, 0) is 10.0 Å². The number of nitrogens with one attached hydrogen (secondary N) is 2. The lowest BCUT2D eigenvalue weighted by Crippen LogP contribution is -2.20. The highest BCUT2D eigenvalue weighted by molar-refractivity contribution is 7.89. The molecule has 154 valence electrons. The van der Waals surface area contributed by atoms with Crippen molar-refractivity contribution in [1.29, 1.82) is 0 Å². The third-order valence-corrected chi connectivity index (χ3v) is 5.60. The van der Waals surface area contributed by atoms with Crippen LogP contribution in [0.1, 0.15) is 22.8 Å². The van der Waals surface area contributed by atoms with Gasteiger partial charge in [-0.15, -0.1) is 0 Å². The second-order valence-electron chi connectivity index (χ2n) is 6.28. The Morgan fingerprint density at radius 3 is 2.07 bits per heavy atom. The van der Waals surface area contributed by atoms with Crippen molar-refractivity contribution in [2.45, 2.75) is 11.8 Å². The summed E-state index contributed by atoms with van der Waals surface area (Å²) in [5, 5.41) is 7.07. The number of sulfonamides is 1. The molecular formula is C21H17ClFN3O3S. The molecule has 0 spiro atoms. The van der Waals surface area contributed by atoms with E-state index in [9.17, 15) is 17.6 Å². The summed E-state index contributed by atoms with van der Waals surface area (Å²) in [5.74, 6) is -0.791. The molecule has 30 heavy (non-hydrogen) atoms. The molecule has 0 saturated carbocycles. The van der Waals surface area contributed by atoms with E-state index >= 15 is 0 Å². The van der Waals surface area contributed by atoms with Gasteiger partial charge in [0, 0.05) is 16.3 Å². The Kier molecular flexibility index (Phi) is 6.49. The molecule has 6 nitrogen and oxygen atoms in total. The molecule has 0 unspecified atom stereocenters. The van der Waals surface area contributed by atoms with Gasteiger partial charge in [-0.1, -0.05) is 23.7 Å². The number of hydrazone groups is 1. The molecule has 0 fully saturated rings. The highest BCUT2D eigenvalue weighted by Crippen LogP contribution is 2.15. The SMILES string of the molecule is CC(=NNS(=O)(=O)c1ccc(Cl)cc1)c1ccc(NC(=O)c2ccc(F)cc2)cc1. The van der Waals surface area contributed by atoms with Crippen molar-refractivity contribution in [3.8, 4) is 0 Å². The number of benzene rings is 3. The Labute approximate surface area is 178 Å².